The zero-order valence-corrected chi connectivity index (χ0v) is 24.1. The van der Waals surface area contributed by atoms with E-state index >= 15 is 0 Å². The van der Waals surface area contributed by atoms with E-state index in [0.717, 1.165) is 26.7 Å². The molecule has 2 aromatic carbocycles. The number of aromatic carboxylic acids is 1. The van der Waals surface area contributed by atoms with E-state index in [1.54, 1.807) is 23.0 Å². The molecule has 0 fully saturated rings. The first kappa shape index (κ1) is 30.2. The molecule has 13 heteroatoms. The van der Waals surface area contributed by atoms with Crippen molar-refractivity contribution in [1.82, 2.24) is 14.1 Å². The van der Waals surface area contributed by atoms with Crippen molar-refractivity contribution in [2.24, 2.45) is 5.92 Å². The van der Waals surface area contributed by atoms with Crippen LogP contribution in [0.2, 0.25) is 5.02 Å². The second kappa shape index (κ2) is 11.5. The van der Waals surface area contributed by atoms with Gasteiger partial charge < -0.3 is 5.11 Å². The Balaban J connectivity index is 1.42. The first-order valence-corrected chi connectivity index (χ1v) is 15.3. The molecule has 1 heterocycles. The number of alkyl halides is 3. The van der Waals surface area contributed by atoms with Gasteiger partial charge in [-0.05, 0) is 67.1 Å². The lowest BCUT2D eigenvalue weighted by atomic mass is 9.80. The predicted octanol–water partition coefficient (Wildman–Crippen LogP) is 6.17. The molecule has 5 rings (SSSR count). The maximum Gasteiger partial charge on any atom is 0.404 e. The fourth-order valence-corrected chi connectivity index (χ4v) is 7.72. The highest BCUT2D eigenvalue weighted by Gasteiger charge is 2.42. The van der Waals surface area contributed by atoms with E-state index in [2.05, 4.69) is 5.10 Å². The molecular weight excluding hydrogens is 598 g/mol. The SMILES string of the molecule is C[C@@H]1C2=C(CC[C@@H]2CN(CCc2ccc(Cl)cc2C(=O)O)S(=O)(=O)CC(F)(F)F)Cc2c1cnn2-c1ccc(F)cc1. The average Bonchev–Trinajstić information content (AvgIpc) is 3.51. The van der Waals surface area contributed by atoms with Gasteiger partial charge >= 0.3 is 12.1 Å². The summed E-state index contributed by atoms with van der Waals surface area (Å²) in [6, 6.07) is 10.1. The summed E-state index contributed by atoms with van der Waals surface area (Å²) in [5, 5.41) is 14.2. The Kier molecular flexibility index (Phi) is 8.25. The van der Waals surface area contributed by atoms with Crippen molar-refractivity contribution < 1.29 is 35.9 Å². The quantitative estimate of drug-likeness (QED) is 0.227. The van der Waals surface area contributed by atoms with Crippen molar-refractivity contribution in [3.05, 3.63) is 93.0 Å². The van der Waals surface area contributed by atoms with Crippen molar-refractivity contribution in [2.45, 2.75) is 44.7 Å². The number of rotatable bonds is 9. The summed E-state index contributed by atoms with van der Waals surface area (Å²) in [6.07, 6.45) is -1.53. The van der Waals surface area contributed by atoms with Crippen LogP contribution in [-0.2, 0) is 22.9 Å². The van der Waals surface area contributed by atoms with E-state index in [9.17, 15) is 35.9 Å². The Bertz CT molecular complexity index is 1650. The van der Waals surface area contributed by atoms with Crippen LogP contribution in [0.3, 0.4) is 0 Å². The van der Waals surface area contributed by atoms with Crippen LogP contribution in [0, 0.1) is 11.7 Å². The van der Waals surface area contributed by atoms with E-state index in [4.69, 9.17) is 11.6 Å². The summed E-state index contributed by atoms with van der Waals surface area (Å²) in [4.78, 5) is 11.7. The molecule has 0 saturated heterocycles. The zero-order chi connectivity index (χ0) is 30.4. The van der Waals surface area contributed by atoms with Gasteiger partial charge in [0.15, 0.2) is 5.75 Å². The molecule has 3 aromatic rings. The molecule has 0 radical (unpaired) electrons. The van der Waals surface area contributed by atoms with Crippen molar-refractivity contribution >= 4 is 27.6 Å². The summed E-state index contributed by atoms with van der Waals surface area (Å²) in [5.74, 6) is -4.10. The maximum atomic E-state index is 13.5. The zero-order valence-electron chi connectivity index (χ0n) is 22.5. The molecule has 224 valence electrons. The smallest absolute Gasteiger partial charge is 0.404 e. The molecule has 42 heavy (non-hydrogen) atoms. The monoisotopic (exact) mass is 625 g/mol. The van der Waals surface area contributed by atoms with Crippen molar-refractivity contribution in [1.29, 1.82) is 0 Å². The number of carbonyl (C=O) groups is 1. The van der Waals surface area contributed by atoms with Crippen LogP contribution in [0.25, 0.3) is 5.69 Å². The van der Waals surface area contributed by atoms with Crippen LogP contribution in [0.1, 0.15) is 52.9 Å². The summed E-state index contributed by atoms with van der Waals surface area (Å²) >= 11 is 5.92. The minimum atomic E-state index is -4.94. The number of halogens is 5. The van der Waals surface area contributed by atoms with Crippen molar-refractivity contribution in [2.75, 3.05) is 18.8 Å². The van der Waals surface area contributed by atoms with Gasteiger partial charge in [-0.25, -0.2) is 26.6 Å². The second-order valence-corrected chi connectivity index (χ2v) is 13.1. The topological polar surface area (TPSA) is 92.5 Å². The van der Waals surface area contributed by atoms with Crippen molar-refractivity contribution in [3.63, 3.8) is 0 Å². The van der Waals surface area contributed by atoms with Crippen LogP contribution < -0.4 is 0 Å². The standard InChI is InChI=1S/C29H28ClF4N3O4S/c1-17-25-14-35-37(23-8-6-22(31)7-9-23)26(25)12-19-2-3-20(27(17)19)15-36(42(40,41)16-29(32,33)34)11-10-18-4-5-21(30)13-24(18)28(38)39/h4-9,13-14,17,20H,2-3,10-12,15-16H2,1H3,(H,38,39)/t17-,20+/m0/s1. The highest BCUT2D eigenvalue weighted by atomic mass is 35.5. The highest BCUT2D eigenvalue weighted by Crippen LogP contribution is 2.47. The predicted molar refractivity (Wildman–Crippen MR) is 149 cm³/mol. The first-order valence-electron chi connectivity index (χ1n) is 13.3. The molecular formula is C29H28ClF4N3O4S. The molecule has 7 nitrogen and oxygen atoms in total. The Labute approximate surface area is 245 Å². The van der Waals surface area contributed by atoms with Gasteiger partial charge in [-0.1, -0.05) is 35.7 Å². The van der Waals surface area contributed by atoms with Gasteiger partial charge in [0, 0.05) is 36.0 Å². The second-order valence-electron chi connectivity index (χ2n) is 10.7. The third-order valence-electron chi connectivity index (χ3n) is 8.03. The van der Waals surface area contributed by atoms with E-state index in [0.29, 0.717) is 24.9 Å². The molecule has 2 atom stereocenters. The molecule has 1 aromatic heterocycles. The van der Waals surface area contributed by atoms with E-state index < -0.39 is 27.9 Å². The minimum Gasteiger partial charge on any atom is -0.478 e. The van der Waals surface area contributed by atoms with Crippen molar-refractivity contribution in [3.8, 4) is 5.69 Å². The number of hydrogen-bond donors (Lipinski definition) is 1. The van der Waals surface area contributed by atoms with Gasteiger partial charge in [0.1, 0.15) is 5.82 Å². The van der Waals surface area contributed by atoms with E-state index in [-0.39, 0.29) is 53.3 Å². The number of aromatic nitrogens is 2. The number of fused-ring (bicyclic) bond motifs is 1. The van der Waals surface area contributed by atoms with Crippen LogP contribution in [-0.4, -0.2) is 58.6 Å². The van der Waals surface area contributed by atoms with Crippen LogP contribution in [0.15, 0.2) is 59.8 Å². The fraction of sp³-hybridized carbons (Fsp3) is 0.379. The van der Waals surface area contributed by atoms with Gasteiger partial charge in [-0.2, -0.15) is 18.3 Å². The summed E-state index contributed by atoms with van der Waals surface area (Å²) in [7, 11) is -4.77. The fourth-order valence-electron chi connectivity index (χ4n) is 6.18. The van der Waals surface area contributed by atoms with Crippen LogP contribution >= 0.6 is 11.6 Å². The normalized spacial score (nSPS) is 18.8. The number of sulfonamides is 1. The Hall–Kier alpha value is -3.22. The summed E-state index contributed by atoms with van der Waals surface area (Å²) in [6.45, 7) is 1.50. The number of allylic oxidation sites excluding steroid dienone is 1. The molecule has 2 aliphatic rings. The third kappa shape index (κ3) is 6.25. The van der Waals surface area contributed by atoms with Gasteiger partial charge in [-0.3, -0.25) is 0 Å². The number of nitrogens with zero attached hydrogens (tertiary/aromatic N) is 3. The lowest BCUT2D eigenvalue weighted by Gasteiger charge is -2.31. The Morgan fingerprint density at radius 3 is 2.57 bits per heavy atom. The summed E-state index contributed by atoms with van der Waals surface area (Å²) in [5.41, 5.74) is 4.83. The van der Waals surface area contributed by atoms with E-state index in [1.165, 1.54) is 30.3 Å². The van der Waals surface area contributed by atoms with Crippen LogP contribution in [0.5, 0.6) is 0 Å². The number of hydrogen-bond acceptors (Lipinski definition) is 4. The number of carboxylic acids is 1. The Morgan fingerprint density at radius 1 is 1.19 bits per heavy atom. The lowest BCUT2D eigenvalue weighted by molar-refractivity contribution is -0.107. The van der Waals surface area contributed by atoms with Crippen LogP contribution in [0.4, 0.5) is 17.6 Å². The largest absolute Gasteiger partial charge is 0.478 e. The van der Waals surface area contributed by atoms with Gasteiger partial charge in [0.05, 0.1) is 23.1 Å². The average molecular weight is 626 g/mol. The number of benzene rings is 2. The number of carboxylic acid groups (broad SMARTS) is 1. The molecule has 0 spiro atoms. The van der Waals surface area contributed by atoms with E-state index in [1.807, 2.05) is 6.92 Å². The van der Waals surface area contributed by atoms with Gasteiger partial charge in [-0.15, -0.1) is 0 Å². The summed E-state index contributed by atoms with van der Waals surface area (Å²) < 4.78 is 82.2. The lowest BCUT2D eigenvalue weighted by Crippen LogP contribution is -2.42. The highest BCUT2D eigenvalue weighted by molar-refractivity contribution is 7.89. The molecule has 0 amide bonds. The van der Waals surface area contributed by atoms with Gasteiger partial charge in [0.2, 0.25) is 10.0 Å². The molecule has 0 unspecified atom stereocenters. The maximum absolute atomic E-state index is 13.5. The molecule has 0 bridgehead atoms. The minimum absolute atomic E-state index is 0.0986. The molecule has 2 aliphatic carbocycles. The molecule has 0 aliphatic heterocycles. The molecule has 0 saturated carbocycles. The van der Waals surface area contributed by atoms with Gasteiger partial charge in [0.25, 0.3) is 0 Å². The Morgan fingerprint density at radius 2 is 1.90 bits per heavy atom. The third-order valence-corrected chi connectivity index (χ3v) is 10.1. The first-order chi connectivity index (χ1) is 19.7. The molecule has 1 N–H and O–H groups in total.